The van der Waals surface area contributed by atoms with Crippen molar-refractivity contribution in [2.45, 2.75) is 24.0 Å². The highest BCUT2D eigenvalue weighted by atomic mass is 35.5. The Labute approximate surface area is 163 Å². The number of furan rings is 1. The zero-order valence-corrected chi connectivity index (χ0v) is 16.5. The highest BCUT2D eigenvalue weighted by Crippen LogP contribution is 2.29. The smallest absolute Gasteiger partial charge is 0.309 e. The summed E-state index contributed by atoms with van der Waals surface area (Å²) in [7, 11) is -3.89. The van der Waals surface area contributed by atoms with Gasteiger partial charge in [-0.15, -0.1) is 0 Å². The van der Waals surface area contributed by atoms with E-state index in [0.29, 0.717) is 11.6 Å². The molecule has 0 bridgehead atoms. The van der Waals surface area contributed by atoms with Gasteiger partial charge < -0.3 is 15.1 Å². The molecule has 1 aromatic heterocycles. The normalized spacial score (nSPS) is 12.6. The van der Waals surface area contributed by atoms with Crippen molar-refractivity contribution in [3.63, 3.8) is 0 Å². The summed E-state index contributed by atoms with van der Waals surface area (Å²) in [5.41, 5.74) is 0. The van der Waals surface area contributed by atoms with E-state index in [1.807, 2.05) is 13.8 Å². The minimum absolute atomic E-state index is 0.0341. The van der Waals surface area contributed by atoms with Crippen molar-refractivity contribution < 1.29 is 22.4 Å². The molecular formula is C18H21ClN2O5S. The van der Waals surface area contributed by atoms with Gasteiger partial charge in [0, 0.05) is 18.1 Å². The van der Waals surface area contributed by atoms with Crippen LogP contribution in [0.5, 0.6) is 0 Å². The van der Waals surface area contributed by atoms with Crippen molar-refractivity contribution >= 4 is 33.3 Å². The van der Waals surface area contributed by atoms with Crippen molar-refractivity contribution in [1.29, 1.82) is 0 Å². The van der Waals surface area contributed by atoms with E-state index in [0.717, 1.165) is 0 Å². The van der Waals surface area contributed by atoms with Gasteiger partial charge in [0.2, 0.25) is 0 Å². The summed E-state index contributed by atoms with van der Waals surface area (Å²) in [6, 6.07) is 8.74. The summed E-state index contributed by atoms with van der Waals surface area (Å²) in [6.45, 7) is 3.82. The molecule has 0 saturated heterocycles. The molecule has 2 aromatic rings. The van der Waals surface area contributed by atoms with E-state index < -0.39 is 26.9 Å². The second-order valence-electron chi connectivity index (χ2n) is 6.32. The Morgan fingerprint density at radius 3 is 2.15 bits per heavy atom. The van der Waals surface area contributed by atoms with Gasteiger partial charge in [-0.25, -0.2) is 8.42 Å². The largest absolute Gasteiger partial charge is 0.468 e. The Morgan fingerprint density at radius 1 is 1.04 bits per heavy atom. The van der Waals surface area contributed by atoms with Crippen LogP contribution in [0, 0.1) is 5.92 Å². The number of hydrogen-bond acceptors (Lipinski definition) is 5. The highest BCUT2D eigenvalue weighted by Gasteiger charge is 2.32. The Balaban J connectivity index is 2.17. The van der Waals surface area contributed by atoms with Crippen molar-refractivity contribution in [1.82, 2.24) is 10.6 Å². The number of nitrogens with one attached hydrogen (secondary N) is 2. The van der Waals surface area contributed by atoms with Crippen LogP contribution in [0.2, 0.25) is 5.02 Å². The van der Waals surface area contributed by atoms with Gasteiger partial charge in [-0.2, -0.15) is 0 Å². The topological polar surface area (TPSA) is 105 Å². The van der Waals surface area contributed by atoms with Crippen LogP contribution in [-0.2, 0) is 19.4 Å². The number of benzene rings is 1. The molecule has 0 unspecified atom stereocenters. The molecule has 27 heavy (non-hydrogen) atoms. The van der Waals surface area contributed by atoms with Crippen molar-refractivity contribution in [3.8, 4) is 0 Å². The molecule has 0 spiro atoms. The van der Waals surface area contributed by atoms with Crippen LogP contribution in [-0.4, -0.2) is 33.3 Å². The molecule has 1 heterocycles. The first-order valence-electron chi connectivity index (χ1n) is 8.30. The number of halogens is 1. The van der Waals surface area contributed by atoms with Crippen molar-refractivity contribution in [2.75, 3.05) is 13.1 Å². The van der Waals surface area contributed by atoms with E-state index in [1.165, 1.54) is 36.6 Å². The summed E-state index contributed by atoms with van der Waals surface area (Å²) in [4.78, 5) is 23.8. The lowest BCUT2D eigenvalue weighted by Crippen LogP contribution is -2.43. The molecule has 0 saturated carbocycles. The number of carbonyl (C=O) groups is 2. The molecular weight excluding hydrogens is 392 g/mol. The van der Waals surface area contributed by atoms with Gasteiger partial charge in [0.25, 0.3) is 0 Å². The zero-order chi connectivity index (χ0) is 20.0. The van der Waals surface area contributed by atoms with Crippen LogP contribution in [0.3, 0.4) is 0 Å². The average Bonchev–Trinajstić information content (AvgIpc) is 3.14. The molecule has 146 valence electrons. The van der Waals surface area contributed by atoms with Gasteiger partial charge in [0.1, 0.15) is 11.0 Å². The molecule has 1 atom stereocenters. The SMILES string of the molecule is CC(C)CNC(=O)C(=O)NC[C@@H](c1ccco1)S(=O)(=O)c1ccc(Cl)cc1. The van der Waals surface area contributed by atoms with Crippen LogP contribution in [0.15, 0.2) is 52.0 Å². The minimum atomic E-state index is -3.89. The third-order valence-corrected chi connectivity index (χ3v) is 6.03. The predicted molar refractivity (Wildman–Crippen MR) is 101 cm³/mol. The fourth-order valence-corrected chi connectivity index (χ4v) is 3.98. The Morgan fingerprint density at radius 2 is 1.63 bits per heavy atom. The molecule has 1 aromatic carbocycles. The Bertz CT molecular complexity index is 877. The van der Waals surface area contributed by atoms with Crippen LogP contribution in [0.4, 0.5) is 0 Å². The lowest BCUT2D eigenvalue weighted by atomic mass is 10.2. The lowest BCUT2D eigenvalue weighted by Gasteiger charge is -2.17. The number of hydrogen-bond donors (Lipinski definition) is 2. The van der Waals surface area contributed by atoms with Gasteiger partial charge in [-0.3, -0.25) is 9.59 Å². The second-order valence-corrected chi connectivity index (χ2v) is 8.88. The number of sulfone groups is 1. The third-order valence-electron chi connectivity index (χ3n) is 3.70. The molecule has 0 radical (unpaired) electrons. The molecule has 0 fully saturated rings. The maximum atomic E-state index is 13.0. The predicted octanol–water partition coefficient (Wildman–Crippen LogP) is 2.34. The quantitative estimate of drug-likeness (QED) is 0.679. The maximum absolute atomic E-state index is 13.0. The first kappa shape index (κ1) is 21.0. The summed E-state index contributed by atoms with van der Waals surface area (Å²) < 4.78 is 31.2. The van der Waals surface area contributed by atoms with Crippen molar-refractivity contribution in [3.05, 3.63) is 53.4 Å². The summed E-state index contributed by atoms with van der Waals surface area (Å²) in [6.07, 6.45) is 1.34. The molecule has 0 aliphatic carbocycles. The van der Waals surface area contributed by atoms with Gasteiger partial charge >= 0.3 is 11.8 Å². The standard InChI is InChI=1S/C18H21ClN2O5S/c1-12(2)10-20-17(22)18(23)21-11-16(15-4-3-9-26-15)27(24,25)14-7-5-13(19)6-8-14/h3-9,12,16H,10-11H2,1-2H3,(H,20,22)(H,21,23)/t16-/m0/s1. The molecule has 0 aliphatic rings. The summed E-state index contributed by atoms with van der Waals surface area (Å²) >= 11 is 5.82. The van der Waals surface area contributed by atoms with Crippen LogP contribution in [0.1, 0.15) is 24.9 Å². The molecule has 7 nitrogen and oxygen atoms in total. The van der Waals surface area contributed by atoms with E-state index in [9.17, 15) is 18.0 Å². The van der Waals surface area contributed by atoms with Gasteiger partial charge in [-0.1, -0.05) is 25.4 Å². The fourth-order valence-electron chi connectivity index (χ4n) is 2.27. The first-order chi connectivity index (χ1) is 12.7. The summed E-state index contributed by atoms with van der Waals surface area (Å²) in [5.74, 6) is -1.37. The molecule has 2 amide bonds. The highest BCUT2D eigenvalue weighted by molar-refractivity contribution is 7.91. The fraction of sp³-hybridized carbons (Fsp3) is 0.333. The van der Waals surface area contributed by atoms with Crippen LogP contribution >= 0.6 is 11.6 Å². The summed E-state index contributed by atoms with van der Waals surface area (Å²) in [5, 5.41) is 4.06. The van der Waals surface area contributed by atoms with E-state index in [-0.39, 0.29) is 23.1 Å². The van der Waals surface area contributed by atoms with Gasteiger partial charge in [0.15, 0.2) is 9.84 Å². The Hall–Kier alpha value is -2.32. The van der Waals surface area contributed by atoms with Gasteiger partial charge in [0.05, 0.1) is 11.2 Å². The molecule has 9 heteroatoms. The van der Waals surface area contributed by atoms with E-state index in [4.69, 9.17) is 16.0 Å². The zero-order valence-electron chi connectivity index (χ0n) is 14.9. The van der Waals surface area contributed by atoms with Gasteiger partial charge in [-0.05, 0) is 42.3 Å². The maximum Gasteiger partial charge on any atom is 0.309 e. The van der Waals surface area contributed by atoms with E-state index >= 15 is 0 Å². The number of amides is 2. The molecule has 2 rings (SSSR count). The second kappa shape index (κ2) is 9.05. The van der Waals surface area contributed by atoms with Crippen LogP contribution in [0.25, 0.3) is 0 Å². The number of rotatable bonds is 7. The average molecular weight is 413 g/mol. The lowest BCUT2D eigenvalue weighted by molar-refractivity contribution is -0.139. The van der Waals surface area contributed by atoms with Crippen LogP contribution < -0.4 is 10.6 Å². The third kappa shape index (κ3) is 5.58. The first-order valence-corrected chi connectivity index (χ1v) is 10.2. The Kier molecular flexibility index (Phi) is 7.04. The monoisotopic (exact) mass is 412 g/mol. The molecule has 0 aliphatic heterocycles. The van der Waals surface area contributed by atoms with Crippen molar-refractivity contribution in [2.24, 2.45) is 5.92 Å². The van der Waals surface area contributed by atoms with E-state index in [1.54, 1.807) is 6.07 Å². The molecule has 2 N–H and O–H groups in total. The number of carbonyl (C=O) groups excluding carboxylic acids is 2. The minimum Gasteiger partial charge on any atom is -0.468 e. The van der Waals surface area contributed by atoms with E-state index in [2.05, 4.69) is 10.6 Å².